The minimum Gasteiger partial charge on any atom is -0.313 e. The molecule has 17 heavy (non-hydrogen) atoms. The van der Waals surface area contributed by atoms with Crippen LogP contribution in [0.4, 0.5) is 0 Å². The van der Waals surface area contributed by atoms with Crippen molar-refractivity contribution < 1.29 is 0 Å². The lowest BCUT2D eigenvalue weighted by Crippen LogP contribution is -2.33. The molecule has 0 heterocycles. The van der Waals surface area contributed by atoms with Gasteiger partial charge in [-0.2, -0.15) is 0 Å². The molecular weight excluding hydrogens is 206 g/mol. The minimum absolute atomic E-state index is 0.622. The molecule has 1 N–H and O–H groups in total. The van der Waals surface area contributed by atoms with Crippen molar-refractivity contribution in [1.29, 1.82) is 0 Å². The van der Waals surface area contributed by atoms with Crippen LogP contribution in [-0.2, 0) is 0 Å². The van der Waals surface area contributed by atoms with Crippen LogP contribution in [0.5, 0.6) is 0 Å². The largest absolute Gasteiger partial charge is 0.313 e. The van der Waals surface area contributed by atoms with E-state index in [1.807, 2.05) is 0 Å². The molecule has 0 aromatic heterocycles. The Bertz CT molecular complexity index is 288. The van der Waals surface area contributed by atoms with Gasteiger partial charge in [0.25, 0.3) is 0 Å². The fourth-order valence-electron chi connectivity index (χ4n) is 2.31. The molecule has 1 unspecified atom stereocenters. The normalized spacial score (nSPS) is 13.3. The van der Waals surface area contributed by atoms with E-state index in [0.717, 1.165) is 6.54 Å². The molecule has 1 atom stereocenters. The third-order valence-electron chi connectivity index (χ3n) is 3.64. The van der Waals surface area contributed by atoms with Crippen LogP contribution in [0, 0.1) is 5.92 Å². The Morgan fingerprint density at radius 3 is 2.06 bits per heavy atom. The van der Waals surface area contributed by atoms with E-state index in [4.69, 9.17) is 0 Å². The van der Waals surface area contributed by atoms with Crippen molar-refractivity contribution in [3.63, 3.8) is 0 Å². The van der Waals surface area contributed by atoms with Gasteiger partial charge in [0.15, 0.2) is 0 Å². The van der Waals surface area contributed by atoms with Crippen LogP contribution < -0.4 is 5.32 Å². The van der Waals surface area contributed by atoms with Crippen molar-refractivity contribution in [2.45, 2.75) is 52.5 Å². The first-order chi connectivity index (χ1) is 8.19. The van der Waals surface area contributed by atoms with Gasteiger partial charge in [0, 0.05) is 12.6 Å². The average Bonchev–Trinajstić information content (AvgIpc) is 2.35. The zero-order valence-corrected chi connectivity index (χ0v) is 11.7. The maximum atomic E-state index is 3.70. The van der Waals surface area contributed by atoms with Crippen LogP contribution in [0.15, 0.2) is 30.3 Å². The van der Waals surface area contributed by atoms with Crippen LogP contribution in [0.1, 0.15) is 52.0 Å². The maximum absolute atomic E-state index is 3.70. The van der Waals surface area contributed by atoms with Gasteiger partial charge in [-0.3, -0.25) is 0 Å². The van der Waals surface area contributed by atoms with E-state index in [1.165, 1.54) is 18.4 Å². The van der Waals surface area contributed by atoms with E-state index in [-0.39, 0.29) is 0 Å². The van der Waals surface area contributed by atoms with Gasteiger partial charge >= 0.3 is 0 Å². The van der Waals surface area contributed by atoms with Crippen molar-refractivity contribution >= 4 is 0 Å². The third kappa shape index (κ3) is 4.51. The maximum Gasteiger partial charge on any atom is 0.00620 e. The van der Waals surface area contributed by atoms with Crippen molar-refractivity contribution in [2.24, 2.45) is 5.92 Å². The number of hydrogen-bond acceptors (Lipinski definition) is 1. The van der Waals surface area contributed by atoms with Crippen molar-refractivity contribution in [1.82, 2.24) is 5.32 Å². The second-order valence-corrected chi connectivity index (χ2v) is 5.18. The molecule has 0 radical (unpaired) electrons. The molecule has 0 fully saturated rings. The van der Waals surface area contributed by atoms with Crippen LogP contribution in [0.25, 0.3) is 0 Å². The molecule has 1 aromatic carbocycles. The predicted molar refractivity (Wildman–Crippen MR) is 76.4 cm³/mol. The predicted octanol–water partition coefficient (Wildman–Crippen LogP) is 4.20. The lowest BCUT2D eigenvalue weighted by molar-refractivity contribution is 0.408. The second-order valence-electron chi connectivity index (χ2n) is 5.18. The first-order valence-corrected chi connectivity index (χ1v) is 6.97. The smallest absolute Gasteiger partial charge is 0.00620 e. The highest BCUT2D eigenvalue weighted by Crippen LogP contribution is 2.23. The Morgan fingerprint density at radius 2 is 1.59 bits per heavy atom. The van der Waals surface area contributed by atoms with Gasteiger partial charge in [-0.15, -0.1) is 0 Å². The molecule has 1 rings (SSSR count). The summed E-state index contributed by atoms with van der Waals surface area (Å²) in [4.78, 5) is 0. The van der Waals surface area contributed by atoms with Crippen LogP contribution in [-0.4, -0.2) is 12.6 Å². The van der Waals surface area contributed by atoms with Crippen LogP contribution >= 0.6 is 0 Å². The highest BCUT2D eigenvalue weighted by Gasteiger charge is 2.16. The molecule has 0 aliphatic carbocycles. The Balaban J connectivity index is 2.62. The van der Waals surface area contributed by atoms with Gasteiger partial charge < -0.3 is 5.32 Å². The molecule has 1 nitrogen and oxygen atoms in total. The standard InChI is InChI=1S/C16H27N/c1-5-15(6-2)17-12-16(13(3)4)14-10-8-7-9-11-14/h7-11,13,15-17H,5-6,12H2,1-4H3. The van der Waals surface area contributed by atoms with E-state index in [1.54, 1.807) is 0 Å². The summed E-state index contributed by atoms with van der Waals surface area (Å²) in [5, 5.41) is 3.70. The molecular formula is C16H27N. The number of rotatable bonds is 7. The molecule has 1 aromatic rings. The van der Waals surface area contributed by atoms with E-state index in [2.05, 4.69) is 63.3 Å². The topological polar surface area (TPSA) is 12.0 Å². The van der Waals surface area contributed by atoms with E-state index < -0.39 is 0 Å². The SMILES string of the molecule is CCC(CC)NCC(c1ccccc1)C(C)C. The molecule has 0 saturated heterocycles. The molecule has 0 spiro atoms. The molecule has 0 saturated carbocycles. The van der Waals surface area contributed by atoms with Crippen molar-refractivity contribution in [3.05, 3.63) is 35.9 Å². The van der Waals surface area contributed by atoms with Gasteiger partial charge in [-0.1, -0.05) is 58.0 Å². The quantitative estimate of drug-likeness (QED) is 0.744. The van der Waals surface area contributed by atoms with Crippen molar-refractivity contribution in [2.75, 3.05) is 6.54 Å². The summed E-state index contributed by atoms with van der Waals surface area (Å²) < 4.78 is 0. The molecule has 0 aliphatic rings. The lowest BCUT2D eigenvalue weighted by atomic mass is 9.88. The summed E-state index contributed by atoms with van der Waals surface area (Å²) in [5.74, 6) is 1.30. The molecule has 0 amide bonds. The fourth-order valence-corrected chi connectivity index (χ4v) is 2.31. The minimum atomic E-state index is 0.622. The van der Waals surface area contributed by atoms with Gasteiger partial charge in [-0.05, 0) is 30.2 Å². The molecule has 0 bridgehead atoms. The lowest BCUT2D eigenvalue weighted by Gasteiger charge is -2.25. The molecule has 0 aliphatic heterocycles. The number of hydrogen-bond donors (Lipinski definition) is 1. The number of benzene rings is 1. The zero-order valence-electron chi connectivity index (χ0n) is 11.7. The Hall–Kier alpha value is -0.820. The summed E-state index contributed by atoms with van der Waals surface area (Å²) in [7, 11) is 0. The number of nitrogens with one attached hydrogen (secondary N) is 1. The Kier molecular flexibility index (Phi) is 6.28. The highest BCUT2D eigenvalue weighted by atomic mass is 14.9. The third-order valence-corrected chi connectivity index (χ3v) is 3.64. The summed E-state index contributed by atoms with van der Waals surface area (Å²) in [6, 6.07) is 11.5. The van der Waals surface area contributed by atoms with Crippen LogP contribution in [0.2, 0.25) is 0 Å². The van der Waals surface area contributed by atoms with Crippen LogP contribution in [0.3, 0.4) is 0 Å². The monoisotopic (exact) mass is 233 g/mol. The van der Waals surface area contributed by atoms with Gasteiger partial charge in [0.05, 0.1) is 0 Å². The zero-order chi connectivity index (χ0) is 12.7. The van der Waals surface area contributed by atoms with Gasteiger partial charge in [-0.25, -0.2) is 0 Å². The van der Waals surface area contributed by atoms with E-state index >= 15 is 0 Å². The molecule has 96 valence electrons. The first kappa shape index (κ1) is 14.2. The highest BCUT2D eigenvalue weighted by molar-refractivity contribution is 5.20. The summed E-state index contributed by atoms with van der Waals surface area (Å²) in [6.07, 6.45) is 2.44. The Labute approximate surface area is 107 Å². The Morgan fingerprint density at radius 1 is 1.00 bits per heavy atom. The summed E-state index contributed by atoms with van der Waals surface area (Å²) in [5.41, 5.74) is 1.46. The van der Waals surface area contributed by atoms with Gasteiger partial charge in [0.2, 0.25) is 0 Å². The van der Waals surface area contributed by atoms with Gasteiger partial charge in [0.1, 0.15) is 0 Å². The first-order valence-electron chi connectivity index (χ1n) is 6.97. The van der Waals surface area contributed by atoms with Crippen molar-refractivity contribution in [3.8, 4) is 0 Å². The van der Waals surface area contributed by atoms with E-state index in [0.29, 0.717) is 17.9 Å². The summed E-state index contributed by atoms with van der Waals surface area (Å²) >= 11 is 0. The second kappa shape index (κ2) is 7.50. The molecule has 1 heteroatoms. The summed E-state index contributed by atoms with van der Waals surface area (Å²) in [6.45, 7) is 10.2. The average molecular weight is 233 g/mol. The fraction of sp³-hybridized carbons (Fsp3) is 0.625. The van der Waals surface area contributed by atoms with E-state index in [9.17, 15) is 0 Å².